The van der Waals surface area contributed by atoms with Crippen molar-refractivity contribution in [3.8, 4) is 0 Å². The van der Waals surface area contributed by atoms with Crippen LogP contribution in [-0.2, 0) is 14.8 Å². The van der Waals surface area contributed by atoms with Crippen LogP contribution in [0, 0.1) is 5.92 Å². The fourth-order valence-corrected chi connectivity index (χ4v) is 4.28. The molecular weight excluding hydrogens is 276 g/mol. The number of nitrogens with zero attached hydrogens (tertiary/aromatic N) is 1. The van der Waals surface area contributed by atoms with Crippen molar-refractivity contribution >= 4 is 15.9 Å². The predicted octanol–water partition coefficient (Wildman–Crippen LogP) is 1.63. The number of carbonyl (C=O) groups excluding carboxylic acids is 1. The number of carbonyl (C=O) groups is 1. The molecule has 1 aliphatic heterocycles. The molecule has 1 saturated carbocycles. The van der Waals surface area contributed by atoms with Gasteiger partial charge in [0.1, 0.15) is 0 Å². The third-order valence-corrected chi connectivity index (χ3v) is 6.00. The highest BCUT2D eigenvalue weighted by atomic mass is 32.2. The largest absolute Gasteiger partial charge is 0.341 e. The molecule has 20 heavy (non-hydrogen) atoms. The molecule has 0 spiro atoms. The van der Waals surface area contributed by atoms with Crippen molar-refractivity contribution in [2.24, 2.45) is 11.1 Å². The summed E-state index contributed by atoms with van der Waals surface area (Å²) in [6.07, 6.45) is 9.21. The Labute approximate surface area is 121 Å². The molecule has 1 aliphatic carbocycles. The van der Waals surface area contributed by atoms with Crippen LogP contribution in [0.2, 0.25) is 0 Å². The number of piperidine rings is 1. The SMILES string of the molecule is NS(=O)(=O)C1CCCN(C(=O)CCC2CCCCC2)C1. The molecule has 5 nitrogen and oxygen atoms in total. The van der Waals surface area contributed by atoms with E-state index < -0.39 is 15.3 Å². The zero-order chi connectivity index (χ0) is 14.6. The van der Waals surface area contributed by atoms with Crippen LogP contribution in [0.3, 0.4) is 0 Å². The Morgan fingerprint density at radius 1 is 1.10 bits per heavy atom. The summed E-state index contributed by atoms with van der Waals surface area (Å²) >= 11 is 0. The summed E-state index contributed by atoms with van der Waals surface area (Å²) in [7, 11) is -3.52. The van der Waals surface area contributed by atoms with E-state index in [4.69, 9.17) is 5.14 Å². The number of likely N-dealkylation sites (tertiary alicyclic amines) is 1. The van der Waals surface area contributed by atoms with Gasteiger partial charge >= 0.3 is 0 Å². The maximum atomic E-state index is 12.2. The maximum absolute atomic E-state index is 12.2. The van der Waals surface area contributed by atoms with Crippen LogP contribution >= 0.6 is 0 Å². The topological polar surface area (TPSA) is 80.5 Å². The quantitative estimate of drug-likeness (QED) is 0.857. The summed E-state index contributed by atoms with van der Waals surface area (Å²) in [6, 6.07) is 0. The molecule has 1 heterocycles. The van der Waals surface area contributed by atoms with Gasteiger partial charge in [-0.2, -0.15) is 0 Å². The summed E-state index contributed by atoms with van der Waals surface area (Å²) < 4.78 is 22.8. The molecule has 2 fully saturated rings. The zero-order valence-corrected chi connectivity index (χ0v) is 12.9. The number of nitrogens with two attached hydrogens (primary N) is 1. The van der Waals surface area contributed by atoms with Gasteiger partial charge in [-0.3, -0.25) is 4.79 Å². The Morgan fingerprint density at radius 3 is 2.45 bits per heavy atom. The lowest BCUT2D eigenvalue weighted by molar-refractivity contribution is -0.132. The third kappa shape index (κ3) is 4.45. The first-order valence-corrected chi connectivity index (χ1v) is 9.37. The van der Waals surface area contributed by atoms with E-state index in [9.17, 15) is 13.2 Å². The minimum absolute atomic E-state index is 0.101. The maximum Gasteiger partial charge on any atom is 0.222 e. The molecule has 1 unspecified atom stereocenters. The van der Waals surface area contributed by atoms with Gasteiger partial charge in [-0.25, -0.2) is 13.6 Å². The van der Waals surface area contributed by atoms with Gasteiger partial charge in [-0.05, 0) is 25.2 Å². The van der Waals surface area contributed by atoms with Crippen LogP contribution in [0.5, 0.6) is 0 Å². The predicted molar refractivity (Wildman–Crippen MR) is 78.5 cm³/mol. The zero-order valence-electron chi connectivity index (χ0n) is 12.1. The van der Waals surface area contributed by atoms with E-state index in [1.165, 1.54) is 32.1 Å². The van der Waals surface area contributed by atoms with Gasteiger partial charge in [0.05, 0.1) is 5.25 Å². The molecule has 6 heteroatoms. The minimum Gasteiger partial charge on any atom is -0.341 e. The second kappa shape index (κ2) is 6.89. The van der Waals surface area contributed by atoms with Gasteiger partial charge in [-0.15, -0.1) is 0 Å². The first-order valence-electron chi connectivity index (χ1n) is 7.76. The Hall–Kier alpha value is -0.620. The standard InChI is InChI=1S/C14H26N2O3S/c15-20(18,19)13-7-4-10-16(11-13)14(17)9-8-12-5-2-1-3-6-12/h12-13H,1-11H2,(H2,15,18,19). The summed E-state index contributed by atoms with van der Waals surface area (Å²) in [4.78, 5) is 13.9. The van der Waals surface area contributed by atoms with E-state index in [0.717, 1.165) is 12.8 Å². The van der Waals surface area contributed by atoms with E-state index >= 15 is 0 Å². The number of rotatable bonds is 4. The number of hydrogen-bond donors (Lipinski definition) is 1. The molecule has 1 saturated heterocycles. The van der Waals surface area contributed by atoms with Crippen molar-refractivity contribution in [1.82, 2.24) is 4.90 Å². The monoisotopic (exact) mass is 302 g/mol. The van der Waals surface area contributed by atoms with Crippen molar-refractivity contribution < 1.29 is 13.2 Å². The van der Waals surface area contributed by atoms with E-state index in [1.54, 1.807) is 4.90 Å². The van der Waals surface area contributed by atoms with Crippen LogP contribution in [0.4, 0.5) is 0 Å². The summed E-state index contributed by atoms with van der Waals surface area (Å²) in [5, 5.41) is 4.62. The lowest BCUT2D eigenvalue weighted by atomic mass is 9.86. The highest BCUT2D eigenvalue weighted by Gasteiger charge is 2.30. The van der Waals surface area contributed by atoms with Crippen molar-refractivity contribution in [1.29, 1.82) is 0 Å². The van der Waals surface area contributed by atoms with Crippen LogP contribution in [0.25, 0.3) is 0 Å². The lowest BCUT2D eigenvalue weighted by Gasteiger charge is -2.32. The lowest BCUT2D eigenvalue weighted by Crippen LogP contribution is -2.47. The molecule has 2 aliphatic rings. The fourth-order valence-electron chi connectivity index (χ4n) is 3.39. The molecule has 0 aromatic rings. The highest BCUT2D eigenvalue weighted by Crippen LogP contribution is 2.27. The van der Waals surface area contributed by atoms with Gasteiger partial charge in [0.15, 0.2) is 0 Å². The third-order valence-electron chi connectivity index (χ3n) is 4.69. The Bertz CT molecular complexity index is 430. The van der Waals surface area contributed by atoms with E-state index in [0.29, 0.717) is 25.3 Å². The second-order valence-corrected chi connectivity index (χ2v) is 8.08. The van der Waals surface area contributed by atoms with Crippen LogP contribution < -0.4 is 5.14 Å². The van der Waals surface area contributed by atoms with Gasteiger partial charge in [0.2, 0.25) is 15.9 Å². The number of hydrogen-bond acceptors (Lipinski definition) is 3. The molecule has 0 bridgehead atoms. The van der Waals surface area contributed by atoms with Crippen molar-refractivity contribution in [2.75, 3.05) is 13.1 Å². The Morgan fingerprint density at radius 2 is 1.80 bits per heavy atom. The molecule has 2 rings (SSSR count). The number of sulfonamides is 1. The second-order valence-electron chi connectivity index (χ2n) is 6.24. The number of amides is 1. The first kappa shape index (κ1) is 15.8. The smallest absolute Gasteiger partial charge is 0.222 e. The van der Waals surface area contributed by atoms with Crippen LogP contribution in [0.1, 0.15) is 57.8 Å². The Kier molecular flexibility index (Phi) is 5.43. The summed E-state index contributed by atoms with van der Waals surface area (Å²) in [6.45, 7) is 0.956. The normalized spacial score (nSPS) is 25.6. The molecule has 1 atom stereocenters. The van der Waals surface area contributed by atoms with Crippen molar-refractivity contribution in [3.63, 3.8) is 0 Å². The summed E-state index contributed by atoms with van der Waals surface area (Å²) in [5.74, 6) is 0.787. The van der Waals surface area contributed by atoms with Crippen LogP contribution in [0.15, 0.2) is 0 Å². The Balaban J connectivity index is 1.79. The van der Waals surface area contributed by atoms with Crippen molar-refractivity contribution in [3.05, 3.63) is 0 Å². The van der Waals surface area contributed by atoms with Crippen molar-refractivity contribution in [2.45, 2.75) is 63.0 Å². The molecule has 116 valence electrons. The van der Waals surface area contributed by atoms with E-state index in [-0.39, 0.29) is 12.5 Å². The average molecular weight is 302 g/mol. The molecule has 0 aromatic carbocycles. The average Bonchev–Trinajstić information content (AvgIpc) is 2.45. The number of primary sulfonamides is 1. The van der Waals surface area contributed by atoms with Gasteiger partial charge < -0.3 is 4.90 Å². The fraction of sp³-hybridized carbons (Fsp3) is 0.929. The minimum atomic E-state index is -3.52. The van der Waals surface area contributed by atoms with Gasteiger partial charge in [-0.1, -0.05) is 32.1 Å². The molecule has 1 amide bonds. The van der Waals surface area contributed by atoms with E-state index in [1.807, 2.05) is 0 Å². The van der Waals surface area contributed by atoms with Gasteiger partial charge in [0, 0.05) is 19.5 Å². The van der Waals surface area contributed by atoms with Crippen LogP contribution in [-0.4, -0.2) is 37.6 Å². The van der Waals surface area contributed by atoms with E-state index in [2.05, 4.69) is 0 Å². The molecular formula is C14H26N2O3S. The molecule has 0 aromatic heterocycles. The molecule has 2 N–H and O–H groups in total. The highest BCUT2D eigenvalue weighted by molar-refractivity contribution is 7.89. The molecule has 0 radical (unpaired) electrons. The van der Waals surface area contributed by atoms with Gasteiger partial charge in [0.25, 0.3) is 0 Å². The summed E-state index contributed by atoms with van der Waals surface area (Å²) in [5.41, 5.74) is 0. The first-order chi connectivity index (χ1) is 9.47.